The number of nitrogens with zero attached hydrogens (tertiary/aromatic N) is 2. The molecule has 0 spiro atoms. The van der Waals surface area contributed by atoms with E-state index in [2.05, 4.69) is 10.4 Å². The summed E-state index contributed by atoms with van der Waals surface area (Å²) >= 11 is 0. The van der Waals surface area contributed by atoms with E-state index in [4.69, 9.17) is 4.74 Å². The van der Waals surface area contributed by atoms with Crippen molar-refractivity contribution in [1.29, 1.82) is 0 Å². The van der Waals surface area contributed by atoms with Gasteiger partial charge in [-0.15, -0.1) is 0 Å². The molecule has 1 N–H and O–H groups in total. The van der Waals surface area contributed by atoms with Crippen LogP contribution in [0, 0.1) is 19.7 Å². The molecule has 0 aliphatic rings. The molecule has 1 amide bonds. The van der Waals surface area contributed by atoms with Gasteiger partial charge in [-0.25, -0.2) is 4.39 Å². The van der Waals surface area contributed by atoms with Gasteiger partial charge in [0.25, 0.3) is 0 Å². The van der Waals surface area contributed by atoms with E-state index in [0.717, 1.165) is 16.8 Å². The van der Waals surface area contributed by atoms with Crippen LogP contribution >= 0.6 is 0 Å². The maximum absolute atomic E-state index is 12.9. The zero-order chi connectivity index (χ0) is 18.7. The van der Waals surface area contributed by atoms with Gasteiger partial charge in [0, 0.05) is 5.69 Å². The number of anilines is 1. The molecule has 3 aromatic rings. The highest BCUT2D eigenvalue weighted by molar-refractivity contribution is 5.94. The molecular weight excluding hydrogens is 333 g/mol. The number of nitrogens with one attached hydrogen (secondary N) is 1. The van der Waals surface area contributed by atoms with E-state index >= 15 is 0 Å². The summed E-state index contributed by atoms with van der Waals surface area (Å²) in [7, 11) is 0. The van der Waals surface area contributed by atoms with Gasteiger partial charge in [-0.1, -0.05) is 12.1 Å². The Balaban J connectivity index is 1.68. The lowest BCUT2D eigenvalue weighted by atomic mass is 10.1. The molecule has 1 atom stereocenters. The van der Waals surface area contributed by atoms with E-state index in [1.54, 1.807) is 13.1 Å². The van der Waals surface area contributed by atoms with Crippen LogP contribution in [0.5, 0.6) is 11.5 Å². The van der Waals surface area contributed by atoms with Gasteiger partial charge in [-0.2, -0.15) is 5.10 Å². The van der Waals surface area contributed by atoms with Crippen molar-refractivity contribution in [1.82, 2.24) is 9.78 Å². The lowest BCUT2D eigenvalue weighted by Gasteiger charge is -2.14. The molecule has 0 radical (unpaired) electrons. The Hall–Kier alpha value is -3.15. The van der Waals surface area contributed by atoms with Crippen LogP contribution < -0.4 is 10.1 Å². The first kappa shape index (κ1) is 17.7. The molecule has 6 heteroatoms. The number of amides is 1. The lowest BCUT2D eigenvalue weighted by Crippen LogP contribution is -2.24. The van der Waals surface area contributed by atoms with Crippen molar-refractivity contribution >= 4 is 11.6 Å². The number of aryl methyl sites for hydroxylation is 2. The Morgan fingerprint density at radius 1 is 1.15 bits per heavy atom. The van der Waals surface area contributed by atoms with Gasteiger partial charge in [0.1, 0.15) is 17.6 Å². The van der Waals surface area contributed by atoms with Crippen LogP contribution in [0.25, 0.3) is 0 Å². The summed E-state index contributed by atoms with van der Waals surface area (Å²) in [6, 6.07) is 11.1. The fraction of sp³-hybridized carbons (Fsp3) is 0.200. The van der Waals surface area contributed by atoms with E-state index in [9.17, 15) is 9.18 Å². The second kappa shape index (κ2) is 7.39. The number of hydrogen-bond donors (Lipinski definition) is 1. The molecule has 0 fully saturated rings. The Morgan fingerprint density at radius 2 is 1.88 bits per heavy atom. The minimum Gasteiger partial charge on any atom is -0.454 e. The summed E-state index contributed by atoms with van der Waals surface area (Å²) in [4.78, 5) is 12.5. The van der Waals surface area contributed by atoms with Crippen LogP contribution in [0.2, 0.25) is 0 Å². The van der Waals surface area contributed by atoms with Gasteiger partial charge in [0.15, 0.2) is 5.75 Å². The van der Waals surface area contributed by atoms with E-state index in [1.807, 2.05) is 32.0 Å². The maximum Gasteiger partial charge on any atom is 0.248 e. The number of carbonyl (C=O) groups is 1. The second-order valence-corrected chi connectivity index (χ2v) is 6.20. The molecule has 134 valence electrons. The molecule has 0 saturated carbocycles. The number of aromatic nitrogens is 2. The third-order valence-corrected chi connectivity index (χ3v) is 4.05. The molecule has 2 aromatic carbocycles. The first-order valence-corrected chi connectivity index (χ1v) is 8.28. The summed E-state index contributed by atoms with van der Waals surface area (Å²) in [5, 5.41) is 7.12. The zero-order valence-electron chi connectivity index (χ0n) is 14.9. The predicted octanol–water partition coefficient (Wildman–Crippen LogP) is 4.63. The molecular formula is C20H20FN3O2. The van der Waals surface area contributed by atoms with Gasteiger partial charge < -0.3 is 10.1 Å². The van der Waals surface area contributed by atoms with Crippen LogP contribution in [0.15, 0.2) is 54.9 Å². The number of halogens is 1. The Morgan fingerprint density at radius 3 is 2.62 bits per heavy atom. The topological polar surface area (TPSA) is 56.2 Å². The highest BCUT2D eigenvalue weighted by Gasteiger charge is 2.17. The fourth-order valence-corrected chi connectivity index (χ4v) is 2.45. The van der Waals surface area contributed by atoms with E-state index in [-0.39, 0.29) is 11.7 Å². The number of carbonyl (C=O) groups excluding carboxylic acids is 1. The monoisotopic (exact) mass is 353 g/mol. The van der Waals surface area contributed by atoms with Crippen molar-refractivity contribution < 1.29 is 13.9 Å². The maximum atomic E-state index is 12.9. The van der Waals surface area contributed by atoms with Gasteiger partial charge in [0.2, 0.25) is 5.91 Å². The van der Waals surface area contributed by atoms with Crippen LogP contribution in [-0.4, -0.2) is 15.7 Å². The molecule has 0 bridgehead atoms. The van der Waals surface area contributed by atoms with Crippen molar-refractivity contribution in [3.63, 3.8) is 0 Å². The van der Waals surface area contributed by atoms with Gasteiger partial charge in [-0.05, 0) is 62.2 Å². The number of benzene rings is 2. The molecule has 1 aromatic heterocycles. The smallest absolute Gasteiger partial charge is 0.248 e. The quantitative estimate of drug-likeness (QED) is 0.727. The van der Waals surface area contributed by atoms with E-state index in [0.29, 0.717) is 11.5 Å². The Bertz CT molecular complexity index is 919. The summed E-state index contributed by atoms with van der Waals surface area (Å²) in [5.74, 6) is 0.473. The number of ether oxygens (including phenoxy) is 1. The van der Waals surface area contributed by atoms with E-state index in [1.165, 1.54) is 35.1 Å². The minimum atomic E-state index is -0.513. The van der Waals surface area contributed by atoms with Crippen LogP contribution in [0.3, 0.4) is 0 Å². The SMILES string of the molecule is Cc1ccc(C)c(NC(=O)C(C)n2cc(Oc3ccc(F)cc3)cn2)c1. The Labute approximate surface area is 151 Å². The first-order chi connectivity index (χ1) is 12.4. The van der Waals surface area contributed by atoms with Crippen molar-refractivity contribution in [3.8, 4) is 11.5 Å². The zero-order valence-corrected chi connectivity index (χ0v) is 14.9. The fourth-order valence-electron chi connectivity index (χ4n) is 2.45. The van der Waals surface area contributed by atoms with Crippen molar-refractivity contribution in [3.05, 3.63) is 71.8 Å². The standard InChI is InChI=1S/C20H20FN3O2/c1-13-4-5-14(2)19(10-13)23-20(25)15(3)24-12-18(11-22-24)26-17-8-6-16(21)7-9-17/h4-12,15H,1-3H3,(H,23,25). The lowest BCUT2D eigenvalue weighted by molar-refractivity contribution is -0.119. The van der Waals surface area contributed by atoms with Crippen molar-refractivity contribution in [2.75, 3.05) is 5.32 Å². The first-order valence-electron chi connectivity index (χ1n) is 8.28. The van der Waals surface area contributed by atoms with Crippen LogP contribution in [-0.2, 0) is 4.79 Å². The van der Waals surface area contributed by atoms with Gasteiger partial charge in [0.05, 0.1) is 12.4 Å². The summed E-state index contributed by atoms with van der Waals surface area (Å²) < 4.78 is 20.1. The molecule has 1 heterocycles. The van der Waals surface area contributed by atoms with Crippen LogP contribution in [0.4, 0.5) is 10.1 Å². The van der Waals surface area contributed by atoms with Gasteiger partial charge >= 0.3 is 0 Å². The molecule has 0 aliphatic heterocycles. The minimum absolute atomic E-state index is 0.171. The number of hydrogen-bond acceptors (Lipinski definition) is 3. The average molecular weight is 353 g/mol. The highest BCUT2D eigenvalue weighted by atomic mass is 19.1. The normalized spacial score (nSPS) is 11.8. The molecule has 5 nitrogen and oxygen atoms in total. The summed E-state index contributed by atoms with van der Waals surface area (Å²) in [6.45, 7) is 5.68. The van der Waals surface area contributed by atoms with Crippen molar-refractivity contribution in [2.45, 2.75) is 26.8 Å². The molecule has 0 aliphatic carbocycles. The molecule has 3 rings (SSSR count). The molecule has 26 heavy (non-hydrogen) atoms. The largest absolute Gasteiger partial charge is 0.454 e. The molecule has 1 unspecified atom stereocenters. The summed E-state index contributed by atoms with van der Waals surface area (Å²) in [5.41, 5.74) is 2.86. The Kier molecular flexibility index (Phi) is 5.02. The van der Waals surface area contributed by atoms with Crippen molar-refractivity contribution in [2.24, 2.45) is 0 Å². The molecule has 0 saturated heterocycles. The third kappa shape index (κ3) is 4.08. The highest BCUT2D eigenvalue weighted by Crippen LogP contribution is 2.23. The van der Waals surface area contributed by atoms with Gasteiger partial charge in [-0.3, -0.25) is 9.48 Å². The van der Waals surface area contributed by atoms with E-state index < -0.39 is 6.04 Å². The third-order valence-electron chi connectivity index (χ3n) is 4.05. The average Bonchev–Trinajstić information content (AvgIpc) is 3.08. The second-order valence-electron chi connectivity index (χ2n) is 6.20. The predicted molar refractivity (Wildman–Crippen MR) is 98.0 cm³/mol. The van der Waals surface area contributed by atoms with Crippen LogP contribution in [0.1, 0.15) is 24.1 Å². The number of rotatable bonds is 5. The summed E-state index contributed by atoms with van der Waals surface area (Å²) in [6.07, 6.45) is 3.15.